The van der Waals surface area contributed by atoms with Crippen LogP contribution >= 0.6 is 11.8 Å². The van der Waals surface area contributed by atoms with Gasteiger partial charge in [0.05, 0.1) is 29.2 Å². The molecule has 1 spiro atoms. The maximum Gasteiger partial charge on any atom is 0.247 e. The lowest BCUT2D eigenvalue weighted by molar-refractivity contribution is -0.150. The molecule has 1 N–H and O–H groups in total. The van der Waals surface area contributed by atoms with Gasteiger partial charge < -0.3 is 19.8 Å². The molecule has 2 bridgehead atoms. The van der Waals surface area contributed by atoms with Gasteiger partial charge in [-0.2, -0.15) is 0 Å². The Bertz CT molecular complexity index is 989. The maximum atomic E-state index is 14.9. The van der Waals surface area contributed by atoms with E-state index in [1.54, 1.807) is 28.8 Å². The van der Waals surface area contributed by atoms with Crippen molar-refractivity contribution in [1.82, 2.24) is 14.7 Å². The first-order valence-electron chi connectivity index (χ1n) is 15.0. The number of hydrogen-bond acceptors (Lipinski definition) is 5. The minimum absolute atomic E-state index is 0.00476. The molecule has 3 aliphatic heterocycles. The highest BCUT2D eigenvalue weighted by atomic mass is 32.2. The Morgan fingerprint density at radius 2 is 1.77 bits per heavy atom. The van der Waals surface area contributed by atoms with Gasteiger partial charge in [-0.15, -0.1) is 24.9 Å². The molecule has 3 saturated heterocycles. The quantitative estimate of drug-likeness (QED) is 0.321. The molecule has 0 radical (unpaired) electrons. The third kappa shape index (κ3) is 5.77. The van der Waals surface area contributed by atoms with Crippen LogP contribution in [-0.2, 0) is 14.4 Å². The van der Waals surface area contributed by atoms with Gasteiger partial charge in [0, 0.05) is 30.4 Å². The number of amides is 3. The van der Waals surface area contributed by atoms with Gasteiger partial charge in [0.2, 0.25) is 17.7 Å². The molecule has 7 nitrogen and oxygen atoms in total. The molecule has 2 unspecified atom stereocenters. The number of carbonyl (C=O) groups excluding carboxylic acids is 3. The Morgan fingerprint density at radius 3 is 2.27 bits per heavy atom. The second-order valence-electron chi connectivity index (χ2n) is 14.2. The fourth-order valence-electron chi connectivity index (χ4n) is 7.86. The topological polar surface area (TPSA) is 81.2 Å². The van der Waals surface area contributed by atoms with Gasteiger partial charge in [-0.1, -0.05) is 53.7 Å². The van der Waals surface area contributed by atoms with E-state index < -0.39 is 34.2 Å². The zero-order chi connectivity index (χ0) is 30.2. The summed E-state index contributed by atoms with van der Waals surface area (Å²) in [5.74, 6) is -1.36. The average molecular weight is 576 g/mol. The number of aliphatic hydroxyl groups excluding tert-OH is 1. The Balaban J connectivity index is 2.15. The van der Waals surface area contributed by atoms with Crippen molar-refractivity contribution in [3.63, 3.8) is 0 Å². The zero-order valence-electron chi connectivity index (χ0n) is 26.1. The highest BCUT2D eigenvalue weighted by Crippen LogP contribution is 2.67. The summed E-state index contributed by atoms with van der Waals surface area (Å²) >= 11 is 1.69. The van der Waals surface area contributed by atoms with Crippen molar-refractivity contribution in [2.24, 2.45) is 23.2 Å². The number of carbonyl (C=O) groups is 3. The molecule has 0 saturated carbocycles. The standard InChI is InChI=1S/C32H53N3O4S/c1-11-16-33(17-12-2)27(37)24-23-14-15-32(40-23)25(24)28(38)35(22(19-36)21(4)5)26(32)29(39)34(18-13-3)31(9,10)20-30(6,7)8/h11,13,21-26,36H,1,3,12,14-20H2,2,4-10H3/t22-,23+,24-,25-,26?,32?/m0/s1. The summed E-state index contributed by atoms with van der Waals surface area (Å²) in [5.41, 5.74) is -0.509. The lowest BCUT2D eigenvalue weighted by atomic mass is 9.70. The monoisotopic (exact) mass is 575 g/mol. The Hall–Kier alpha value is -1.80. The van der Waals surface area contributed by atoms with Gasteiger partial charge in [-0.05, 0) is 50.9 Å². The molecule has 40 heavy (non-hydrogen) atoms. The van der Waals surface area contributed by atoms with Crippen molar-refractivity contribution in [3.8, 4) is 0 Å². The van der Waals surface area contributed by atoms with Gasteiger partial charge >= 0.3 is 0 Å². The SMILES string of the molecule is C=CCN(CCC)C(=O)[C@@H]1[C@H]2C(=O)N([C@@H](CO)C(C)C)C(C(=O)N(CC=C)C(C)(C)CC(C)(C)C)C23CC[C@H]1S3. The van der Waals surface area contributed by atoms with Crippen LogP contribution in [0, 0.1) is 23.2 Å². The van der Waals surface area contributed by atoms with Crippen LogP contribution in [0.25, 0.3) is 0 Å². The lowest BCUT2D eigenvalue weighted by Gasteiger charge is -2.47. The second kappa shape index (κ2) is 12.2. The van der Waals surface area contributed by atoms with E-state index in [2.05, 4.69) is 47.8 Å². The minimum Gasteiger partial charge on any atom is -0.394 e. The molecule has 3 heterocycles. The predicted molar refractivity (Wildman–Crippen MR) is 164 cm³/mol. The van der Waals surface area contributed by atoms with Crippen LogP contribution in [-0.4, -0.2) is 91.4 Å². The number of fused-ring (bicyclic) bond motifs is 1. The molecule has 3 rings (SSSR count). The van der Waals surface area contributed by atoms with E-state index in [4.69, 9.17) is 0 Å². The molecular formula is C32H53N3O4S. The Morgan fingerprint density at radius 1 is 1.15 bits per heavy atom. The average Bonchev–Trinajstić information content (AvgIpc) is 3.48. The molecule has 3 amide bonds. The summed E-state index contributed by atoms with van der Waals surface area (Å²) in [6.45, 7) is 25.7. The van der Waals surface area contributed by atoms with Gasteiger partial charge in [0.1, 0.15) is 6.04 Å². The molecular weight excluding hydrogens is 522 g/mol. The van der Waals surface area contributed by atoms with E-state index in [9.17, 15) is 19.5 Å². The van der Waals surface area contributed by atoms with Crippen LogP contribution in [0.15, 0.2) is 25.3 Å². The Labute approximate surface area is 246 Å². The predicted octanol–water partition coefficient (Wildman–Crippen LogP) is 4.75. The van der Waals surface area contributed by atoms with E-state index in [0.717, 1.165) is 19.3 Å². The highest BCUT2D eigenvalue weighted by Gasteiger charge is 2.75. The fraction of sp³-hybridized carbons (Fsp3) is 0.781. The number of thioether (sulfide) groups is 1. The van der Waals surface area contributed by atoms with Gasteiger partial charge in [-0.25, -0.2) is 0 Å². The van der Waals surface area contributed by atoms with E-state index in [-0.39, 0.29) is 40.9 Å². The smallest absolute Gasteiger partial charge is 0.247 e. The van der Waals surface area contributed by atoms with Crippen LogP contribution in [0.5, 0.6) is 0 Å². The highest BCUT2D eigenvalue weighted by molar-refractivity contribution is 8.02. The summed E-state index contributed by atoms with van der Waals surface area (Å²) in [6, 6.07) is -1.25. The first-order chi connectivity index (χ1) is 18.6. The number of hydrogen-bond donors (Lipinski definition) is 1. The summed E-state index contributed by atoms with van der Waals surface area (Å²) in [4.78, 5) is 48.9. The van der Waals surface area contributed by atoms with Crippen molar-refractivity contribution >= 4 is 29.5 Å². The van der Waals surface area contributed by atoms with Crippen LogP contribution < -0.4 is 0 Å². The lowest BCUT2D eigenvalue weighted by Crippen LogP contribution is -2.62. The van der Waals surface area contributed by atoms with Gasteiger partial charge in [-0.3, -0.25) is 14.4 Å². The van der Waals surface area contributed by atoms with E-state index in [0.29, 0.717) is 26.1 Å². The first kappa shape index (κ1) is 32.7. The zero-order valence-corrected chi connectivity index (χ0v) is 26.9. The molecule has 6 atom stereocenters. The van der Waals surface area contributed by atoms with Crippen molar-refractivity contribution in [1.29, 1.82) is 0 Å². The van der Waals surface area contributed by atoms with Crippen molar-refractivity contribution in [2.45, 2.75) is 109 Å². The molecule has 0 aliphatic carbocycles. The summed E-state index contributed by atoms with van der Waals surface area (Å²) in [5, 5.41) is 10.5. The van der Waals surface area contributed by atoms with Crippen LogP contribution in [0.4, 0.5) is 0 Å². The van der Waals surface area contributed by atoms with Crippen molar-refractivity contribution < 1.29 is 19.5 Å². The fourth-order valence-corrected chi connectivity index (χ4v) is 10.1. The molecule has 3 fully saturated rings. The molecule has 8 heteroatoms. The van der Waals surface area contributed by atoms with E-state index in [1.165, 1.54) is 0 Å². The van der Waals surface area contributed by atoms with Crippen LogP contribution in [0.2, 0.25) is 0 Å². The van der Waals surface area contributed by atoms with Crippen molar-refractivity contribution in [2.75, 3.05) is 26.2 Å². The molecule has 226 valence electrons. The molecule has 0 aromatic carbocycles. The molecule has 0 aromatic rings. The summed E-state index contributed by atoms with van der Waals surface area (Å²) < 4.78 is -0.690. The largest absolute Gasteiger partial charge is 0.394 e. The van der Waals surface area contributed by atoms with Crippen LogP contribution in [0.3, 0.4) is 0 Å². The first-order valence-corrected chi connectivity index (χ1v) is 15.9. The maximum absolute atomic E-state index is 14.9. The van der Waals surface area contributed by atoms with E-state index in [1.807, 2.05) is 30.6 Å². The summed E-state index contributed by atoms with van der Waals surface area (Å²) in [6.07, 6.45) is 6.60. The number of likely N-dealkylation sites (tertiary alicyclic amines) is 1. The summed E-state index contributed by atoms with van der Waals surface area (Å²) in [7, 11) is 0. The van der Waals surface area contributed by atoms with Gasteiger partial charge in [0.25, 0.3) is 0 Å². The second-order valence-corrected chi connectivity index (χ2v) is 15.8. The van der Waals surface area contributed by atoms with E-state index >= 15 is 0 Å². The third-order valence-electron chi connectivity index (χ3n) is 9.00. The third-order valence-corrected chi connectivity index (χ3v) is 10.9. The Kier molecular flexibility index (Phi) is 9.98. The number of rotatable bonds is 13. The number of nitrogens with zero attached hydrogens (tertiary/aromatic N) is 3. The molecule has 0 aromatic heterocycles. The van der Waals surface area contributed by atoms with Crippen molar-refractivity contribution in [3.05, 3.63) is 25.3 Å². The van der Waals surface area contributed by atoms with Crippen LogP contribution in [0.1, 0.15) is 81.1 Å². The number of aliphatic hydroxyl groups is 1. The molecule has 3 aliphatic rings. The van der Waals surface area contributed by atoms with Gasteiger partial charge in [0.15, 0.2) is 0 Å². The normalized spacial score (nSPS) is 28.6. The minimum atomic E-state index is -0.740.